The molecule has 130 heavy (non-hydrogen) atoms. The molecule has 0 fully saturated rings. The molecule has 24 aromatic carbocycles. The van der Waals surface area contributed by atoms with Crippen LogP contribution in [0.5, 0.6) is 0 Å². The van der Waals surface area contributed by atoms with Crippen LogP contribution < -0.4 is 21.3 Å². The quantitative estimate of drug-likeness (QED) is 0.0773. The lowest BCUT2D eigenvalue weighted by atomic mass is 9.93. The van der Waals surface area contributed by atoms with E-state index in [9.17, 15) is 0 Å². The summed E-state index contributed by atoms with van der Waals surface area (Å²) in [5, 5.41) is 37.2. The Bertz CT molecular complexity index is 7800. The number of anilines is 8. The largest absolute Gasteiger partial charge is 0.356 e. The summed E-state index contributed by atoms with van der Waals surface area (Å²) >= 11 is 0. The number of hydrogen-bond donors (Lipinski definition) is 4. The third-order valence-electron chi connectivity index (χ3n) is 24.7. The molecule has 0 spiro atoms. The Morgan fingerprint density at radius 2 is 0.346 bits per heavy atom. The summed E-state index contributed by atoms with van der Waals surface area (Å²) in [6, 6.07) is 185. The Balaban J connectivity index is 0.000000105. The van der Waals surface area contributed by atoms with Crippen LogP contribution in [0.3, 0.4) is 0 Å². The maximum Gasteiger partial charge on any atom is 0.0463 e. The average molecular weight is 1660 g/mol. The van der Waals surface area contributed by atoms with Gasteiger partial charge < -0.3 is 21.3 Å². The van der Waals surface area contributed by atoms with Gasteiger partial charge in [-0.15, -0.1) is 0 Å². The number of fused-ring (bicyclic) bond motifs is 12. The molecule has 4 nitrogen and oxygen atoms in total. The fraction of sp³-hybridized carbons (Fsp3) is 0. The average Bonchev–Trinajstić information content (AvgIpc) is 0.759. The molecule has 0 aliphatic carbocycles. The molecule has 0 aliphatic heterocycles. The minimum Gasteiger partial charge on any atom is -0.356 e. The van der Waals surface area contributed by atoms with Gasteiger partial charge in [0.2, 0.25) is 0 Å². The molecule has 0 unspecified atom stereocenters. The van der Waals surface area contributed by atoms with Crippen molar-refractivity contribution >= 4 is 142 Å². The van der Waals surface area contributed by atoms with Gasteiger partial charge in [0.15, 0.2) is 0 Å². The first-order valence-corrected chi connectivity index (χ1v) is 44.5. The van der Waals surface area contributed by atoms with Crippen molar-refractivity contribution in [2.45, 2.75) is 0 Å². The maximum atomic E-state index is 3.59. The highest BCUT2D eigenvalue weighted by Crippen LogP contribution is 2.40. The summed E-state index contributed by atoms with van der Waals surface area (Å²) in [5.41, 5.74) is 26.0. The molecule has 0 heterocycles. The van der Waals surface area contributed by atoms with E-state index in [1.54, 1.807) is 0 Å². The molecule has 24 aromatic rings. The first-order chi connectivity index (χ1) is 64.4. The van der Waals surface area contributed by atoms with E-state index in [-0.39, 0.29) is 0 Å². The van der Waals surface area contributed by atoms with Crippen molar-refractivity contribution in [3.05, 3.63) is 522 Å². The molecular weight excluding hydrogens is 1570 g/mol. The molecule has 0 radical (unpaired) electrons. The van der Waals surface area contributed by atoms with Crippen LogP contribution in [-0.2, 0) is 0 Å². The standard InChI is InChI=1S/C36H27N.C32H23N.C30H21N.C28H19N/c1-3-9-27(10-4-1)31-13-7-15-33(25-31)29-17-21-35(22-18-29)37-36-23-19-30(20-24-36)34-16-8-14-32(26-34)28-11-5-2-6-12-28;1-3-11-29-23(7-1)9-5-13-31(29)25-15-19-27(20-16-25)33-28-21-17-26(18-22-28)32-14-6-10-24-8-2-4-12-30(24)32;1-4-12-26-21(8-1)10-7-15-30(26)31-24-18-16-22(17-19-24)29-20-23-9-2-3-11-25(23)27-13-5-6-14-28(27)29;1-3-7-25-19(5-1)9-11-21-17-23(13-15-27(21)25)29-24-14-16-28-22(18-24)12-10-20-6-2-4-8-26(20)28/h1-26,37H;1-22,33H;1-20,31H;1-18,29H. The Kier molecular flexibility index (Phi) is 22.7. The number of hydrogen-bond acceptors (Lipinski definition) is 4. The van der Waals surface area contributed by atoms with Crippen LogP contribution in [0.1, 0.15) is 0 Å². The highest BCUT2D eigenvalue weighted by Gasteiger charge is 2.14. The van der Waals surface area contributed by atoms with E-state index in [0.717, 1.165) is 45.5 Å². The van der Waals surface area contributed by atoms with E-state index in [2.05, 4.69) is 543 Å². The predicted octanol–water partition coefficient (Wildman–Crippen LogP) is 35.8. The van der Waals surface area contributed by atoms with E-state index in [0.29, 0.717) is 0 Å². The zero-order valence-corrected chi connectivity index (χ0v) is 71.7. The SMILES string of the molecule is c1ccc(-c2cccc(-c3ccc(Nc4ccc(-c5cccc(-c6ccccc6)c5)cc4)cc3)c2)cc1.c1ccc2c(-c3ccc(Nc4ccc(-c5cccc6ccccc56)cc4)cc3)cccc2c1.c1ccc2c(Nc3ccc(-c4cc5ccccc5c5ccccc45)cc3)cccc2c1.c1ccc2c(c1)ccc1cc(Nc3ccc4c(ccc5ccccc54)c3)ccc12. The Morgan fingerprint density at radius 1 is 0.100 bits per heavy atom. The molecule has 0 saturated heterocycles. The van der Waals surface area contributed by atoms with Gasteiger partial charge in [0.1, 0.15) is 0 Å². The summed E-state index contributed by atoms with van der Waals surface area (Å²) in [7, 11) is 0. The first kappa shape index (κ1) is 80.0. The van der Waals surface area contributed by atoms with Crippen molar-refractivity contribution in [2.24, 2.45) is 0 Å². The van der Waals surface area contributed by atoms with Crippen LogP contribution in [0.25, 0.3) is 175 Å². The van der Waals surface area contributed by atoms with Crippen LogP contribution in [0, 0.1) is 0 Å². The molecule has 0 amide bonds. The van der Waals surface area contributed by atoms with Gasteiger partial charge in [-0.2, -0.15) is 0 Å². The predicted molar refractivity (Wildman–Crippen MR) is 560 cm³/mol. The van der Waals surface area contributed by atoms with E-state index in [4.69, 9.17) is 0 Å². The van der Waals surface area contributed by atoms with Crippen molar-refractivity contribution in [1.29, 1.82) is 0 Å². The monoisotopic (exact) mass is 1660 g/mol. The van der Waals surface area contributed by atoms with Gasteiger partial charge in [-0.3, -0.25) is 0 Å². The van der Waals surface area contributed by atoms with Gasteiger partial charge in [-0.25, -0.2) is 0 Å². The number of nitrogens with one attached hydrogen (secondary N) is 4. The van der Waals surface area contributed by atoms with Gasteiger partial charge in [-0.1, -0.05) is 413 Å². The van der Waals surface area contributed by atoms with Gasteiger partial charge in [0, 0.05) is 50.9 Å². The van der Waals surface area contributed by atoms with E-state index in [1.165, 1.54) is 175 Å². The van der Waals surface area contributed by atoms with Gasteiger partial charge >= 0.3 is 0 Å². The summed E-state index contributed by atoms with van der Waals surface area (Å²) in [6.07, 6.45) is 0. The second-order valence-electron chi connectivity index (χ2n) is 33.0. The lowest BCUT2D eigenvalue weighted by Crippen LogP contribution is -1.91. The highest BCUT2D eigenvalue weighted by molar-refractivity contribution is 6.15. The Hall–Kier alpha value is -17.2. The second kappa shape index (κ2) is 36.9. The zero-order chi connectivity index (χ0) is 86.7. The normalized spacial score (nSPS) is 11.1. The molecule has 4 heteroatoms. The van der Waals surface area contributed by atoms with Crippen molar-refractivity contribution in [3.8, 4) is 77.9 Å². The summed E-state index contributed by atoms with van der Waals surface area (Å²) in [5.74, 6) is 0. The Morgan fingerprint density at radius 3 is 0.769 bits per heavy atom. The molecular formula is C126H90N4. The van der Waals surface area contributed by atoms with Gasteiger partial charge in [-0.05, 0) is 279 Å². The van der Waals surface area contributed by atoms with E-state index >= 15 is 0 Å². The molecule has 614 valence electrons. The van der Waals surface area contributed by atoms with E-state index in [1.807, 2.05) is 0 Å². The second-order valence-corrected chi connectivity index (χ2v) is 33.0. The number of rotatable bonds is 15. The molecule has 24 rings (SSSR count). The fourth-order valence-electron chi connectivity index (χ4n) is 18.1. The number of benzene rings is 24. The topological polar surface area (TPSA) is 48.1 Å². The lowest BCUT2D eigenvalue weighted by Gasteiger charge is -2.13. The van der Waals surface area contributed by atoms with Crippen molar-refractivity contribution < 1.29 is 0 Å². The minimum absolute atomic E-state index is 1.07. The van der Waals surface area contributed by atoms with E-state index < -0.39 is 0 Å². The van der Waals surface area contributed by atoms with Gasteiger partial charge in [0.25, 0.3) is 0 Å². The molecule has 0 aromatic heterocycles. The van der Waals surface area contributed by atoms with Crippen molar-refractivity contribution in [1.82, 2.24) is 0 Å². The summed E-state index contributed by atoms with van der Waals surface area (Å²) < 4.78 is 0. The molecule has 0 bridgehead atoms. The van der Waals surface area contributed by atoms with Crippen molar-refractivity contribution in [3.63, 3.8) is 0 Å². The van der Waals surface area contributed by atoms with Crippen LogP contribution in [-0.4, -0.2) is 0 Å². The smallest absolute Gasteiger partial charge is 0.0463 e. The van der Waals surface area contributed by atoms with Crippen molar-refractivity contribution in [2.75, 3.05) is 21.3 Å². The molecule has 4 N–H and O–H groups in total. The lowest BCUT2D eigenvalue weighted by molar-refractivity contribution is 1.53. The summed E-state index contributed by atoms with van der Waals surface area (Å²) in [6.45, 7) is 0. The summed E-state index contributed by atoms with van der Waals surface area (Å²) in [4.78, 5) is 0. The van der Waals surface area contributed by atoms with Crippen LogP contribution in [0.2, 0.25) is 0 Å². The third kappa shape index (κ3) is 17.6. The highest BCUT2D eigenvalue weighted by atomic mass is 14.9. The molecule has 0 atom stereocenters. The molecule has 0 saturated carbocycles. The van der Waals surface area contributed by atoms with Crippen LogP contribution in [0.15, 0.2) is 522 Å². The van der Waals surface area contributed by atoms with Crippen LogP contribution >= 0.6 is 0 Å². The zero-order valence-electron chi connectivity index (χ0n) is 71.7. The third-order valence-corrected chi connectivity index (χ3v) is 24.7. The van der Waals surface area contributed by atoms with Crippen LogP contribution in [0.4, 0.5) is 45.5 Å². The maximum absolute atomic E-state index is 3.59. The minimum atomic E-state index is 1.07. The molecule has 0 aliphatic rings. The van der Waals surface area contributed by atoms with Gasteiger partial charge in [0.05, 0.1) is 0 Å². The Labute approximate surface area is 758 Å². The fourth-order valence-corrected chi connectivity index (χ4v) is 18.1. The first-order valence-electron chi connectivity index (χ1n) is 44.5.